The van der Waals surface area contributed by atoms with Crippen LogP contribution in [0.5, 0.6) is 0 Å². The molecule has 7 heavy (non-hydrogen) atoms. The lowest BCUT2D eigenvalue weighted by Gasteiger charge is -2.18. The largest absolute Gasteiger partial charge is 0.376 e. The summed E-state index contributed by atoms with van der Waals surface area (Å²) in [6.07, 6.45) is 0.0637. The van der Waals surface area contributed by atoms with Crippen molar-refractivity contribution in [2.24, 2.45) is 0 Å². The van der Waals surface area contributed by atoms with Crippen LogP contribution in [0.1, 0.15) is 0 Å². The van der Waals surface area contributed by atoms with E-state index >= 15 is 0 Å². The highest BCUT2D eigenvalue weighted by Crippen LogP contribution is 1.96. The fourth-order valence-corrected chi connectivity index (χ4v) is 0.537. The van der Waals surface area contributed by atoms with E-state index in [9.17, 15) is 0 Å². The van der Waals surface area contributed by atoms with Crippen molar-refractivity contribution >= 4 is 0 Å². The fraction of sp³-hybridized carbons (Fsp3) is 0.800. The minimum Gasteiger partial charge on any atom is -0.376 e. The summed E-state index contributed by atoms with van der Waals surface area (Å²) in [7, 11) is 0. The van der Waals surface area contributed by atoms with Crippen LogP contribution in [0.15, 0.2) is 0 Å². The number of hydrogen-bond donors (Lipinski definition) is 0. The summed E-state index contributed by atoms with van der Waals surface area (Å²) in [6, 6.07) is 0. The first-order chi connectivity index (χ1) is 3.39. The Morgan fingerprint density at radius 3 is 2.57 bits per heavy atom. The Labute approximate surface area is 43.4 Å². The second-order valence-electron chi connectivity index (χ2n) is 1.57. The summed E-state index contributed by atoms with van der Waals surface area (Å²) >= 11 is 0. The lowest BCUT2D eigenvalue weighted by Crippen LogP contribution is -2.25. The predicted molar refractivity (Wildman–Crippen MR) is 25.9 cm³/mol. The maximum absolute atomic E-state index is 5.04. The van der Waals surface area contributed by atoms with Crippen LogP contribution in [-0.4, -0.2) is 25.9 Å². The van der Waals surface area contributed by atoms with Gasteiger partial charge in [-0.15, -0.1) is 0 Å². The SMILES string of the molecule is [CH2][C@H]1COCCO1. The molecule has 1 heterocycles. The maximum Gasteiger partial charge on any atom is 0.0810 e. The molecular weight excluding hydrogens is 92.1 g/mol. The van der Waals surface area contributed by atoms with Gasteiger partial charge >= 0.3 is 0 Å². The number of rotatable bonds is 0. The summed E-state index contributed by atoms with van der Waals surface area (Å²) in [6.45, 7) is 5.73. The van der Waals surface area contributed by atoms with Gasteiger partial charge in [0.05, 0.1) is 25.9 Å². The van der Waals surface area contributed by atoms with E-state index in [4.69, 9.17) is 9.47 Å². The summed E-state index contributed by atoms with van der Waals surface area (Å²) in [4.78, 5) is 0. The quantitative estimate of drug-likeness (QED) is 0.435. The zero-order valence-electron chi connectivity index (χ0n) is 4.22. The molecule has 1 rings (SSSR count). The van der Waals surface area contributed by atoms with E-state index in [0.717, 1.165) is 6.61 Å². The molecule has 0 N–H and O–H groups in total. The molecule has 0 aromatic carbocycles. The smallest absolute Gasteiger partial charge is 0.0810 e. The zero-order valence-corrected chi connectivity index (χ0v) is 4.22. The van der Waals surface area contributed by atoms with E-state index in [1.54, 1.807) is 0 Å². The van der Waals surface area contributed by atoms with Crippen molar-refractivity contribution in [3.63, 3.8) is 0 Å². The van der Waals surface area contributed by atoms with Crippen molar-refractivity contribution in [2.45, 2.75) is 6.10 Å². The molecule has 0 bridgehead atoms. The van der Waals surface area contributed by atoms with Gasteiger partial charge in [-0.2, -0.15) is 0 Å². The summed E-state index contributed by atoms with van der Waals surface area (Å²) in [5, 5.41) is 0. The molecule has 0 aromatic heterocycles. The van der Waals surface area contributed by atoms with Crippen LogP contribution in [0.4, 0.5) is 0 Å². The molecule has 2 nitrogen and oxygen atoms in total. The van der Waals surface area contributed by atoms with Crippen molar-refractivity contribution in [1.29, 1.82) is 0 Å². The van der Waals surface area contributed by atoms with Crippen molar-refractivity contribution in [2.75, 3.05) is 19.8 Å². The average molecular weight is 101 g/mol. The number of hydrogen-bond acceptors (Lipinski definition) is 2. The van der Waals surface area contributed by atoms with Gasteiger partial charge in [-0.3, -0.25) is 0 Å². The van der Waals surface area contributed by atoms with Crippen LogP contribution in [0, 0.1) is 6.92 Å². The van der Waals surface area contributed by atoms with Crippen LogP contribution >= 0.6 is 0 Å². The van der Waals surface area contributed by atoms with Gasteiger partial charge in [0.25, 0.3) is 0 Å². The van der Waals surface area contributed by atoms with Gasteiger partial charge in [0.1, 0.15) is 0 Å². The Morgan fingerprint density at radius 1 is 1.43 bits per heavy atom. The van der Waals surface area contributed by atoms with E-state index in [0.29, 0.717) is 13.2 Å². The first-order valence-corrected chi connectivity index (χ1v) is 2.42. The van der Waals surface area contributed by atoms with Crippen LogP contribution < -0.4 is 0 Å². The molecule has 1 saturated heterocycles. The normalized spacial score (nSPS) is 33.0. The van der Waals surface area contributed by atoms with Crippen LogP contribution in [0.3, 0.4) is 0 Å². The first-order valence-electron chi connectivity index (χ1n) is 2.42. The number of ether oxygens (including phenoxy) is 2. The molecule has 1 aliphatic heterocycles. The van der Waals surface area contributed by atoms with Crippen LogP contribution in [0.25, 0.3) is 0 Å². The van der Waals surface area contributed by atoms with Crippen molar-refractivity contribution in [1.82, 2.24) is 0 Å². The van der Waals surface area contributed by atoms with E-state index in [1.165, 1.54) is 0 Å². The maximum atomic E-state index is 5.04. The predicted octanol–water partition coefficient (Wildman–Crippen LogP) is 0.236. The molecule has 0 saturated carbocycles. The van der Waals surface area contributed by atoms with E-state index in [-0.39, 0.29) is 6.10 Å². The van der Waals surface area contributed by atoms with Gasteiger partial charge in [-0.1, -0.05) is 0 Å². The molecule has 1 radical (unpaired) electrons. The third kappa shape index (κ3) is 1.45. The zero-order chi connectivity index (χ0) is 5.11. The Hall–Kier alpha value is -0.0800. The second-order valence-corrected chi connectivity index (χ2v) is 1.57. The summed E-state index contributed by atoms with van der Waals surface area (Å²) in [5.41, 5.74) is 0. The van der Waals surface area contributed by atoms with Crippen molar-refractivity contribution in [3.8, 4) is 0 Å². The Kier molecular flexibility index (Phi) is 1.65. The molecule has 1 fully saturated rings. The Balaban J connectivity index is 2.12. The first kappa shape index (κ1) is 5.06. The molecule has 41 valence electrons. The van der Waals surface area contributed by atoms with E-state index in [1.807, 2.05) is 0 Å². The standard InChI is InChI=1S/C5H9O2/c1-5-4-6-2-3-7-5/h5H,1-4H2/t5-/m0/s1. The molecule has 0 aromatic rings. The lowest BCUT2D eigenvalue weighted by atomic mass is 10.4. The third-order valence-corrected chi connectivity index (χ3v) is 0.885. The van der Waals surface area contributed by atoms with Crippen molar-refractivity contribution in [3.05, 3.63) is 6.92 Å². The van der Waals surface area contributed by atoms with Gasteiger partial charge in [0, 0.05) is 0 Å². The molecule has 2 heteroatoms. The van der Waals surface area contributed by atoms with Crippen LogP contribution in [-0.2, 0) is 9.47 Å². The molecular formula is C5H9O2. The van der Waals surface area contributed by atoms with Gasteiger partial charge in [0.15, 0.2) is 0 Å². The average Bonchev–Trinajstić information content (AvgIpc) is 1.69. The highest BCUT2D eigenvalue weighted by Gasteiger charge is 2.06. The minimum absolute atomic E-state index is 0.0637. The topological polar surface area (TPSA) is 18.5 Å². The summed E-state index contributed by atoms with van der Waals surface area (Å²) in [5.74, 6) is 0. The molecule has 0 unspecified atom stereocenters. The highest BCUT2D eigenvalue weighted by molar-refractivity contribution is 4.60. The van der Waals surface area contributed by atoms with Crippen molar-refractivity contribution < 1.29 is 9.47 Å². The summed E-state index contributed by atoms with van der Waals surface area (Å²) < 4.78 is 10.0. The molecule has 0 aliphatic carbocycles. The van der Waals surface area contributed by atoms with Gasteiger partial charge in [-0.05, 0) is 6.92 Å². The van der Waals surface area contributed by atoms with E-state index < -0.39 is 0 Å². The lowest BCUT2D eigenvalue weighted by molar-refractivity contribution is -0.0688. The monoisotopic (exact) mass is 101 g/mol. The Bertz CT molecular complexity index is 48.0. The third-order valence-electron chi connectivity index (χ3n) is 0.885. The van der Waals surface area contributed by atoms with E-state index in [2.05, 4.69) is 6.92 Å². The molecule has 1 aliphatic rings. The second kappa shape index (κ2) is 2.28. The van der Waals surface area contributed by atoms with Gasteiger partial charge in [0.2, 0.25) is 0 Å². The molecule has 0 amide bonds. The van der Waals surface area contributed by atoms with Gasteiger partial charge in [-0.25, -0.2) is 0 Å². The Morgan fingerprint density at radius 2 is 2.29 bits per heavy atom. The minimum atomic E-state index is 0.0637. The molecule has 0 spiro atoms. The fourth-order valence-electron chi connectivity index (χ4n) is 0.537. The van der Waals surface area contributed by atoms with Crippen LogP contribution in [0.2, 0.25) is 0 Å². The van der Waals surface area contributed by atoms with Gasteiger partial charge < -0.3 is 9.47 Å². The highest BCUT2D eigenvalue weighted by atomic mass is 16.6. The molecule has 1 atom stereocenters.